The molecule has 0 spiro atoms. The Kier molecular flexibility index (Phi) is 4.88. The maximum absolute atomic E-state index is 12.1. The summed E-state index contributed by atoms with van der Waals surface area (Å²) in [6.45, 7) is 5.56. The number of anilines is 1. The van der Waals surface area contributed by atoms with Crippen LogP contribution in [-0.4, -0.2) is 17.0 Å². The Hall–Kier alpha value is -2.27. The molecule has 0 saturated carbocycles. The zero-order valence-corrected chi connectivity index (χ0v) is 13.3. The molecule has 1 aromatic carbocycles. The molecule has 0 radical (unpaired) electrons. The summed E-state index contributed by atoms with van der Waals surface area (Å²) in [6, 6.07) is 8.11. The SMILES string of the molecule is Cc1ccc(C(=O)Nc2ccc(OC(C)C)cc2Cl)c(=O)[nH]1. The van der Waals surface area contributed by atoms with Gasteiger partial charge in [0, 0.05) is 11.8 Å². The molecule has 2 aromatic rings. The van der Waals surface area contributed by atoms with Gasteiger partial charge in [0.05, 0.1) is 16.8 Å². The van der Waals surface area contributed by atoms with Gasteiger partial charge in [-0.05, 0) is 45.0 Å². The number of pyridine rings is 1. The number of carbonyl (C=O) groups is 1. The number of amides is 1. The molecule has 1 aromatic heterocycles. The van der Waals surface area contributed by atoms with E-state index < -0.39 is 11.5 Å². The number of hydrogen-bond acceptors (Lipinski definition) is 3. The Morgan fingerprint density at radius 2 is 2.00 bits per heavy atom. The van der Waals surface area contributed by atoms with E-state index >= 15 is 0 Å². The second kappa shape index (κ2) is 6.66. The summed E-state index contributed by atoms with van der Waals surface area (Å²) >= 11 is 6.13. The third kappa shape index (κ3) is 3.89. The first kappa shape index (κ1) is 16.1. The number of carbonyl (C=O) groups excluding carboxylic acids is 1. The van der Waals surface area contributed by atoms with Gasteiger partial charge in [-0.3, -0.25) is 9.59 Å². The molecule has 2 rings (SSSR count). The van der Waals surface area contributed by atoms with Crippen LogP contribution in [0.1, 0.15) is 29.9 Å². The maximum atomic E-state index is 12.1. The van der Waals surface area contributed by atoms with Gasteiger partial charge in [-0.1, -0.05) is 11.6 Å². The summed E-state index contributed by atoms with van der Waals surface area (Å²) in [5.41, 5.74) is 0.704. The molecule has 116 valence electrons. The fourth-order valence-corrected chi connectivity index (χ4v) is 2.10. The quantitative estimate of drug-likeness (QED) is 0.907. The summed E-state index contributed by atoms with van der Waals surface area (Å²) < 4.78 is 5.52. The number of nitrogens with one attached hydrogen (secondary N) is 2. The molecule has 1 heterocycles. The summed E-state index contributed by atoms with van der Waals surface area (Å²) in [5, 5.41) is 2.96. The highest BCUT2D eigenvalue weighted by atomic mass is 35.5. The number of rotatable bonds is 4. The minimum atomic E-state index is -0.513. The molecule has 2 N–H and O–H groups in total. The summed E-state index contributed by atoms with van der Waals surface area (Å²) in [7, 11) is 0. The van der Waals surface area contributed by atoms with Crippen LogP contribution in [0.2, 0.25) is 5.02 Å². The van der Waals surface area contributed by atoms with Crippen molar-refractivity contribution in [3.05, 3.63) is 57.0 Å². The minimum absolute atomic E-state index is 0.0302. The van der Waals surface area contributed by atoms with Crippen LogP contribution in [0.5, 0.6) is 5.75 Å². The fraction of sp³-hybridized carbons (Fsp3) is 0.250. The van der Waals surface area contributed by atoms with Crippen molar-refractivity contribution in [1.82, 2.24) is 4.98 Å². The molecule has 1 amide bonds. The number of ether oxygens (including phenoxy) is 1. The monoisotopic (exact) mass is 320 g/mol. The Morgan fingerprint density at radius 3 is 2.59 bits per heavy atom. The van der Waals surface area contributed by atoms with Gasteiger partial charge in [-0.25, -0.2) is 0 Å². The lowest BCUT2D eigenvalue weighted by molar-refractivity contribution is 0.102. The van der Waals surface area contributed by atoms with Crippen molar-refractivity contribution in [3.63, 3.8) is 0 Å². The number of aryl methyl sites for hydroxylation is 1. The first-order chi connectivity index (χ1) is 10.4. The smallest absolute Gasteiger partial charge is 0.261 e. The molecule has 22 heavy (non-hydrogen) atoms. The van der Waals surface area contributed by atoms with Crippen molar-refractivity contribution < 1.29 is 9.53 Å². The van der Waals surface area contributed by atoms with E-state index in [1.165, 1.54) is 6.07 Å². The number of H-pyrrole nitrogens is 1. The first-order valence-electron chi connectivity index (χ1n) is 6.84. The van der Waals surface area contributed by atoms with E-state index in [2.05, 4.69) is 10.3 Å². The summed E-state index contributed by atoms with van der Waals surface area (Å²) in [5.74, 6) is 0.104. The van der Waals surface area contributed by atoms with E-state index in [4.69, 9.17) is 16.3 Å². The van der Waals surface area contributed by atoms with Crippen molar-refractivity contribution in [2.24, 2.45) is 0 Å². The van der Waals surface area contributed by atoms with Crippen LogP contribution in [0.4, 0.5) is 5.69 Å². The molecule has 5 nitrogen and oxygen atoms in total. The lowest BCUT2D eigenvalue weighted by atomic mass is 10.2. The highest BCUT2D eigenvalue weighted by Gasteiger charge is 2.13. The highest BCUT2D eigenvalue weighted by Crippen LogP contribution is 2.27. The molecule has 0 aliphatic carbocycles. The number of aromatic nitrogens is 1. The predicted octanol–water partition coefficient (Wildman–Crippen LogP) is 3.38. The third-order valence-electron chi connectivity index (χ3n) is 2.86. The van der Waals surface area contributed by atoms with E-state index in [0.717, 1.165) is 0 Å². The second-order valence-corrected chi connectivity index (χ2v) is 5.55. The van der Waals surface area contributed by atoms with Gasteiger partial charge in [-0.15, -0.1) is 0 Å². The van der Waals surface area contributed by atoms with Crippen LogP contribution in [0.15, 0.2) is 35.1 Å². The zero-order chi connectivity index (χ0) is 16.3. The predicted molar refractivity (Wildman–Crippen MR) is 87.0 cm³/mol. The summed E-state index contributed by atoms with van der Waals surface area (Å²) in [6.07, 6.45) is 0.0302. The molecule has 6 heteroatoms. The molecule has 0 aliphatic rings. The molecular weight excluding hydrogens is 304 g/mol. The van der Waals surface area contributed by atoms with E-state index in [1.54, 1.807) is 31.2 Å². The second-order valence-electron chi connectivity index (χ2n) is 5.15. The van der Waals surface area contributed by atoms with Gasteiger partial charge in [-0.2, -0.15) is 0 Å². The van der Waals surface area contributed by atoms with Gasteiger partial charge >= 0.3 is 0 Å². The largest absolute Gasteiger partial charge is 0.491 e. The number of hydrogen-bond donors (Lipinski definition) is 2. The first-order valence-corrected chi connectivity index (χ1v) is 7.22. The Bertz CT molecular complexity index is 753. The van der Waals surface area contributed by atoms with Gasteiger partial charge in [0.1, 0.15) is 11.3 Å². The van der Waals surface area contributed by atoms with E-state index in [9.17, 15) is 9.59 Å². The summed E-state index contributed by atoms with van der Waals surface area (Å²) in [4.78, 5) is 26.5. The lowest BCUT2D eigenvalue weighted by Gasteiger charge is -2.12. The Balaban J connectivity index is 2.20. The molecule has 0 atom stereocenters. The minimum Gasteiger partial charge on any atom is -0.491 e. The van der Waals surface area contributed by atoms with E-state index in [-0.39, 0.29) is 11.7 Å². The van der Waals surface area contributed by atoms with Crippen LogP contribution < -0.4 is 15.6 Å². The molecular formula is C16H17ClN2O3. The number of halogens is 1. The van der Waals surface area contributed by atoms with Gasteiger partial charge < -0.3 is 15.0 Å². The fourth-order valence-electron chi connectivity index (χ4n) is 1.88. The maximum Gasteiger partial charge on any atom is 0.261 e. The van der Waals surface area contributed by atoms with Crippen molar-refractivity contribution in [2.75, 3.05) is 5.32 Å². The molecule has 0 bridgehead atoms. The van der Waals surface area contributed by atoms with Crippen LogP contribution in [-0.2, 0) is 0 Å². The van der Waals surface area contributed by atoms with Crippen molar-refractivity contribution in [3.8, 4) is 5.75 Å². The van der Waals surface area contributed by atoms with E-state index in [1.807, 2.05) is 13.8 Å². The van der Waals surface area contributed by atoms with Gasteiger partial charge in [0.2, 0.25) is 0 Å². The van der Waals surface area contributed by atoms with Gasteiger partial charge in [0.15, 0.2) is 0 Å². The Morgan fingerprint density at radius 1 is 1.27 bits per heavy atom. The number of benzene rings is 1. The average molecular weight is 321 g/mol. The number of aromatic amines is 1. The molecule has 0 unspecified atom stereocenters. The molecule has 0 fully saturated rings. The topological polar surface area (TPSA) is 71.2 Å². The van der Waals surface area contributed by atoms with E-state index in [0.29, 0.717) is 22.2 Å². The highest BCUT2D eigenvalue weighted by molar-refractivity contribution is 6.34. The standard InChI is InChI=1S/C16H17ClN2O3/c1-9(2)22-11-5-7-14(13(17)8-11)19-16(21)12-6-4-10(3)18-15(12)20/h4-9H,1-3H3,(H,18,20)(H,19,21). The Labute approximate surface area is 133 Å². The van der Waals surface area contributed by atoms with Crippen LogP contribution in [0, 0.1) is 6.92 Å². The zero-order valence-electron chi connectivity index (χ0n) is 12.6. The van der Waals surface area contributed by atoms with Crippen molar-refractivity contribution >= 4 is 23.2 Å². The molecule has 0 saturated heterocycles. The van der Waals surface area contributed by atoms with Crippen molar-refractivity contribution in [2.45, 2.75) is 26.9 Å². The van der Waals surface area contributed by atoms with Crippen LogP contribution in [0.25, 0.3) is 0 Å². The van der Waals surface area contributed by atoms with Crippen LogP contribution in [0.3, 0.4) is 0 Å². The van der Waals surface area contributed by atoms with Crippen LogP contribution >= 0.6 is 11.6 Å². The average Bonchev–Trinajstić information content (AvgIpc) is 2.41. The van der Waals surface area contributed by atoms with Gasteiger partial charge in [0.25, 0.3) is 11.5 Å². The lowest BCUT2D eigenvalue weighted by Crippen LogP contribution is -2.23. The third-order valence-corrected chi connectivity index (χ3v) is 3.17. The van der Waals surface area contributed by atoms with Crippen molar-refractivity contribution in [1.29, 1.82) is 0 Å². The molecule has 0 aliphatic heterocycles. The normalized spacial score (nSPS) is 10.6.